The van der Waals surface area contributed by atoms with E-state index in [9.17, 15) is 8.42 Å². The summed E-state index contributed by atoms with van der Waals surface area (Å²) in [5.74, 6) is 0. The molecule has 1 atom stereocenters. The fourth-order valence-electron chi connectivity index (χ4n) is 2.43. The molecular weight excluding hydrogens is 312 g/mol. The smallest absolute Gasteiger partial charge is 0.240 e. The first-order chi connectivity index (χ1) is 9.90. The average Bonchev–Trinajstić information content (AvgIpc) is 2.43. The third kappa shape index (κ3) is 4.32. The van der Waals surface area contributed by atoms with Crippen molar-refractivity contribution in [2.24, 2.45) is 0 Å². The number of benzene rings is 1. The predicted molar refractivity (Wildman–Crippen MR) is 84.0 cm³/mol. The van der Waals surface area contributed by atoms with Gasteiger partial charge >= 0.3 is 0 Å². The van der Waals surface area contributed by atoms with Crippen LogP contribution >= 0.6 is 11.6 Å². The van der Waals surface area contributed by atoms with Crippen LogP contribution in [0.2, 0.25) is 5.02 Å². The summed E-state index contributed by atoms with van der Waals surface area (Å²) < 4.78 is 32.8. The highest BCUT2D eigenvalue weighted by atomic mass is 35.5. The Morgan fingerprint density at radius 1 is 1.43 bits per heavy atom. The van der Waals surface area contributed by atoms with Crippen LogP contribution in [0.5, 0.6) is 0 Å². The minimum absolute atomic E-state index is 0.151. The highest BCUT2D eigenvalue weighted by Crippen LogP contribution is 2.26. The van der Waals surface area contributed by atoms with E-state index in [0.29, 0.717) is 23.6 Å². The van der Waals surface area contributed by atoms with Crippen LogP contribution in [0.3, 0.4) is 0 Å². The van der Waals surface area contributed by atoms with Gasteiger partial charge in [-0.3, -0.25) is 0 Å². The number of hydrogen-bond donors (Lipinski definition) is 2. The molecule has 1 saturated heterocycles. The molecule has 118 valence electrons. The van der Waals surface area contributed by atoms with E-state index in [-0.39, 0.29) is 16.7 Å². The van der Waals surface area contributed by atoms with Crippen LogP contribution in [0.25, 0.3) is 0 Å². The first-order valence-electron chi connectivity index (χ1n) is 7.07. The van der Waals surface area contributed by atoms with Crippen LogP contribution in [-0.2, 0) is 14.8 Å². The number of aryl methyl sites for hydroxylation is 1. The van der Waals surface area contributed by atoms with Gasteiger partial charge in [0.05, 0.1) is 21.7 Å². The van der Waals surface area contributed by atoms with Gasteiger partial charge in [-0.25, -0.2) is 13.1 Å². The SMILES string of the molecule is Cc1cc(Cl)c(N)cc1S(=O)(=O)NCCC1CCCCO1. The number of nitrogen functional groups attached to an aromatic ring is 1. The number of rotatable bonds is 5. The summed E-state index contributed by atoms with van der Waals surface area (Å²) in [6.07, 6.45) is 4.06. The number of hydrogen-bond acceptors (Lipinski definition) is 4. The molecule has 5 nitrogen and oxygen atoms in total. The predicted octanol–water partition coefficient (Wildman–Crippen LogP) is 2.47. The maximum atomic E-state index is 12.3. The van der Waals surface area contributed by atoms with E-state index in [1.165, 1.54) is 6.07 Å². The van der Waals surface area contributed by atoms with Crippen LogP contribution in [0.1, 0.15) is 31.2 Å². The molecule has 1 heterocycles. The van der Waals surface area contributed by atoms with E-state index in [1.54, 1.807) is 13.0 Å². The van der Waals surface area contributed by atoms with Crippen LogP contribution in [-0.4, -0.2) is 27.7 Å². The fourth-order valence-corrected chi connectivity index (χ4v) is 3.95. The van der Waals surface area contributed by atoms with Gasteiger partial charge in [0.25, 0.3) is 0 Å². The highest BCUT2D eigenvalue weighted by Gasteiger charge is 2.20. The lowest BCUT2D eigenvalue weighted by Gasteiger charge is -2.22. The Morgan fingerprint density at radius 2 is 2.19 bits per heavy atom. The molecule has 0 bridgehead atoms. The summed E-state index contributed by atoms with van der Waals surface area (Å²) in [6, 6.07) is 2.97. The summed E-state index contributed by atoms with van der Waals surface area (Å²) in [7, 11) is -3.58. The monoisotopic (exact) mass is 332 g/mol. The molecule has 1 aromatic carbocycles. The number of sulfonamides is 1. The van der Waals surface area contributed by atoms with Crippen molar-refractivity contribution in [2.75, 3.05) is 18.9 Å². The van der Waals surface area contributed by atoms with E-state index in [2.05, 4.69) is 4.72 Å². The van der Waals surface area contributed by atoms with Gasteiger partial charge < -0.3 is 10.5 Å². The summed E-state index contributed by atoms with van der Waals surface area (Å²) in [6.45, 7) is 2.82. The van der Waals surface area contributed by atoms with Crippen LogP contribution in [0, 0.1) is 6.92 Å². The van der Waals surface area contributed by atoms with Gasteiger partial charge in [-0.05, 0) is 50.3 Å². The van der Waals surface area contributed by atoms with Crippen molar-refractivity contribution in [2.45, 2.75) is 43.6 Å². The van der Waals surface area contributed by atoms with Crippen molar-refractivity contribution in [1.29, 1.82) is 0 Å². The molecule has 0 radical (unpaired) electrons. The number of halogens is 1. The number of ether oxygens (including phenoxy) is 1. The molecule has 0 aromatic heterocycles. The molecule has 2 rings (SSSR count). The zero-order valence-electron chi connectivity index (χ0n) is 12.1. The molecule has 1 unspecified atom stereocenters. The normalized spacial score (nSPS) is 19.6. The van der Waals surface area contributed by atoms with E-state index >= 15 is 0 Å². The Bertz CT molecular complexity index is 598. The van der Waals surface area contributed by atoms with Gasteiger partial charge in [0, 0.05) is 13.2 Å². The maximum absolute atomic E-state index is 12.3. The van der Waals surface area contributed by atoms with Crippen molar-refractivity contribution >= 4 is 27.3 Å². The standard InChI is InChI=1S/C14H21ClN2O3S/c1-10-8-12(15)13(16)9-14(10)21(18,19)17-6-5-11-4-2-3-7-20-11/h8-9,11,17H,2-7,16H2,1H3. The van der Waals surface area contributed by atoms with Crippen LogP contribution in [0.4, 0.5) is 5.69 Å². The molecule has 0 saturated carbocycles. The molecule has 3 N–H and O–H groups in total. The van der Waals surface area contributed by atoms with E-state index in [1.807, 2.05) is 0 Å². The molecule has 0 spiro atoms. The summed E-state index contributed by atoms with van der Waals surface area (Å²) >= 11 is 5.89. The topological polar surface area (TPSA) is 81.4 Å². The zero-order chi connectivity index (χ0) is 15.5. The summed E-state index contributed by atoms with van der Waals surface area (Å²) in [4.78, 5) is 0.175. The van der Waals surface area contributed by atoms with E-state index in [4.69, 9.17) is 22.1 Å². The van der Waals surface area contributed by atoms with Crippen LogP contribution < -0.4 is 10.5 Å². The minimum Gasteiger partial charge on any atom is -0.397 e. The van der Waals surface area contributed by atoms with Gasteiger partial charge in [-0.15, -0.1) is 0 Å². The lowest BCUT2D eigenvalue weighted by molar-refractivity contribution is 0.0123. The van der Waals surface area contributed by atoms with Gasteiger partial charge in [0.2, 0.25) is 10.0 Å². The quantitative estimate of drug-likeness (QED) is 0.811. The summed E-state index contributed by atoms with van der Waals surface area (Å²) in [5, 5.41) is 0.363. The molecule has 0 amide bonds. The lowest BCUT2D eigenvalue weighted by atomic mass is 10.1. The van der Waals surface area contributed by atoms with E-state index < -0.39 is 10.0 Å². The first kappa shape index (κ1) is 16.5. The van der Waals surface area contributed by atoms with Gasteiger partial charge in [0.1, 0.15) is 0 Å². The minimum atomic E-state index is -3.58. The average molecular weight is 333 g/mol. The van der Waals surface area contributed by atoms with Crippen molar-refractivity contribution in [3.63, 3.8) is 0 Å². The Labute approximate surface area is 130 Å². The molecule has 1 aliphatic rings. The molecule has 1 fully saturated rings. The van der Waals surface area contributed by atoms with Gasteiger partial charge in [-0.1, -0.05) is 11.6 Å². The fraction of sp³-hybridized carbons (Fsp3) is 0.571. The molecule has 7 heteroatoms. The number of nitrogens with one attached hydrogen (secondary N) is 1. The maximum Gasteiger partial charge on any atom is 0.240 e. The van der Waals surface area contributed by atoms with Crippen molar-refractivity contribution in [3.8, 4) is 0 Å². The Morgan fingerprint density at radius 3 is 2.86 bits per heavy atom. The summed E-state index contributed by atoms with van der Waals surface area (Å²) in [5.41, 5.74) is 6.53. The van der Waals surface area contributed by atoms with Crippen molar-refractivity contribution < 1.29 is 13.2 Å². The molecule has 1 aromatic rings. The third-order valence-corrected chi connectivity index (χ3v) is 5.55. The van der Waals surface area contributed by atoms with Crippen molar-refractivity contribution in [3.05, 3.63) is 22.7 Å². The van der Waals surface area contributed by atoms with Crippen LogP contribution in [0.15, 0.2) is 17.0 Å². The zero-order valence-corrected chi connectivity index (χ0v) is 13.6. The number of anilines is 1. The first-order valence-corrected chi connectivity index (χ1v) is 8.93. The molecule has 21 heavy (non-hydrogen) atoms. The lowest BCUT2D eigenvalue weighted by Crippen LogP contribution is -2.30. The second kappa shape index (κ2) is 6.96. The third-order valence-electron chi connectivity index (χ3n) is 3.62. The second-order valence-corrected chi connectivity index (χ2v) is 7.46. The van der Waals surface area contributed by atoms with Gasteiger partial charge in [-0.2, -0.15) is 0 Å². The van der Waals surface area contributed by atoms with Crippen molar-refractivity contribution in [1.82, 2.24) is 4.72 Å². The Kier molecular flexibility index (Phi) is 5.48. The molecule has 0 aliphatic carbocycles. The Balaban J connectivity index is 1.99. The Hall–Kier alpha value is -0.820. The van der Waals surface area contributed by atoms with E-state index in [0.717, 1.165) is 25.9 Å². The van der Waals surface area contributed by atoms with Gasteiger partial charge in [0.15, 0.2) is 0 Å². The second-order valence-electron chi connectivity index (χ2n) is 5.31. The largest absolute Gasteiger partial charge is 0.397 e. The highest BCUT2D eigenvalue weighted by molar-refractivity contribution is 7.89. The molecular formula is C14H21ClN2O3S. The molecule has 1 aliphatic heterocycles. The number of nitrogens with two attached hydrogens (primary N) is 1.